The summed E-state index contributed by atoms with van der Waals surface area (Å²) >= 11 is 5.28. The molecular weight excluding hydrogens is 164 g/mol. The minimum Gasteiger partial charge on any atom is -0.481 e. The predicted molar refractivity (Wildman–Crippen MR) is 45.6 cm³/mol. The molecule has 0 saturated heterocycles. The van der Waals surface area contributed by atoms with Crippen molar-refractivity contribution in [3.63, 3.8) is 0 Å². The molecule has 0 heterocycles. The quantitative estimate of drug-likeness (QED) is 0.715. The van der Waals surface area contributed by atoms with Crippen molar-refractivity contribution in [3.05, 3.63) is 11.6 Å². The van der Waals surface area contributed by atoms with Gasteiger partial charge in [-0.05, 0) is 12.3 Å². The van der Waals surface area contributed by atoms with Gasteiger partial charge in [-0.3, -0.25) is 4.79 Å². The Hall–Kier alpha value is -0.500. The molecule has 0 aliphatic rings. The fraction of sp³-hybridized carbons (Fsp3) is 0.625. The van der Waals surface area contributed by atoms with Crippen LogP contribution in [0.3, 0.4) is 0 Å². The number of halogens is 1. The molecule has 0 aliphatic heterocycles. The van der Waals surface area contributed by atoms with Gasteiger partial charge in [0.05, 0.1) is 5.92 Å². The first-order valence-electron chi connectivity index (χ1n) is 3.57. The van der Waals surface area contributed by atoms with E-state index in [-0.39, 0.29) is 11.8 Å². The van der Waals surface area contributed by atoms with Crippen LogP contribution in [0.5, 0.6) is 0 Å². The fourth-order valence-corrected chi connectivity index (χ4v) is 0.959. The molecule has 0 amide bonds. The molecule has 0 saturated carbocycles. The van der Waals surface area contributed by atoms with Crippen LogP contribution in [0.4, 0.5) is 0 Å². The van der Waals surface area contributed by atoms with Gasteiger partial charge in [0.25, 0.3) is 0 Å². The lowest BCUT2D eigenvalue weighted by Gasteiger charge is -2.12. The number of carboxylic acids is 1. The number of aliphatic carboxylic acids is 1. The van der Waals surface area contributed by atoms with Crippen LogP contribution in [0.15, 0.2) is 11.6 Å². The van der Waals surface area contributed by atoms with Crippen molar-refractivity contribution in [2.75, 3.05) is 0 Å². The van der Waals surface area contributed by atoms with Crippen LogP contribution in [0.2, 0.25) is 0 Å². The highest BCUT2D eigenvalue weighted by molar-refractivity contribution is 6.25. The summed E-state index contributed by atoms with van der Waals surface area (Å²) in [6.07, 6.45) is 2.18. The molecule has 0 unspecified atom stereocenters. The summed E-state index contributed by atoms with van der Waals surface area (Å²) in [5.41, 5.74) is 1.36. The van der Waals surface area contributed by atoms with Gasteiger partial charge in [0, 0.05) is 5.54 Å². The lowest BCUT2D eigenvalue weighted by molar-refractivity contribution is -0.143. The Morgan fingerprint density at radius 2 is 2.18 bits per heavy atom. The minimum absolute atomic E-state index is 0.153. The molecule has 3 heteroatoms. The van der Waals surface area contributed by atoms with E-state index in [0.717, 1.165) is 0 Å². The third-order valence-corrected chi connectivity index (χ3v) is 1.78. The molecule has 0 aromatic rings. The summed E-state index contributed by atoms with van der Waals surface area (Å²) in [5, 5.41) is 8.69. The summed E-state index contributed by atoms with van der Waals surface area (Å²) in [5.74, 6) is -0.917. The summed E-state index contributed by atoms with van der Waals surface area (Å²) in [4.78, 5) is 10.6. The molecule has 0 radical (unpaired) electrons. The molecule has 1 N–H and O–H groups in total. The van der Waals surface area contributed by atoms with Crippen molar-refractivity contribution >= 4 is 17.6 Å². The van der Waals surface area contributed by atoms with Gasteiger partial charge in [-0.15, -0.1) is 0 Å². The maximum absolute atomic E-state index is 10.6. The number of hydrogen-bond donors (Lipinski definition) is 1. The number of allylic oxidation sites excluding steroid dienone is 1. The Labute approximate surface area is 71.9 Å². The number of carboxylic acid groups (broad SMARTS) is 1. The van der Waals surface area contributed by atoms with Crippen LogP contribution >= 0.6 is 11.6 Å². The van der Waals surface area contributed by atoms with Crippen molar-refractivity contribution in [3.8, 4) is 0 Å². The second kappa shape index (κ2) is 5.19. The SMILES string of the molecule is CC(C)[C@H](C/C=C/Cl)C(=O)O. The van der Waals surface area contributed by atoms with Crippen molar-refractivity contribution in [2.45, 2.75) is 20.3 Å². The first kappa shape index (κ1) is 10.5. The first-order chi connectivity index (χ1) is 5.09. The van der Waals surface area contributed by atoms with Crippen molar-refractivity contribution in [2.24, 2.45) is 11.8 Å². The maximum atomic E-state index is 10.6. The second-order valence-electron chi connectivity index (χ2n) is 2.79. The maximum Gasteiger partial charge on any atom is 0.307 e. The first-order valence-corrected chi connectivity index (χ1v) is 4.01. The lowest BCUT2D eigenvalue weighted by atomic mass is 9.93. The van der Waals surface area contributed by atoms with Gasteiger partial charge in [-0.25, -0.2) is 0 Å². The monoisotopic (exact) mass is 176 g/mol. The van der Waals surface area contributed by atoms with E-state index in [4.69, 9.17) is 16.7 Å². The van der Waals surface area contributed by atoms with Crippen molar-refractivity contribution in [1.82, 2.24) is 0 Å². The van der Waals surface area contributed by atoms with E-state index in [0.29, 0.717) is 6.42 Å². The smallest absolute Gasteiger partial charge is 0.307 e. The van der Waals surface area contributed by atoms with E-state index in [1.807, 2.05) is 13.8 Å². The molecule has 0 aliphatic carbocycles. The third-order valence-electron chi connectivity index (χ3n) is 1.60. The Morgan fingerprint density at radius 1 is 1.64 bits per heavy atom. The highest BCUT2D eigenvalue weighted by atomic mass is 35.5. The topological polar surface area (TPSA) is 37.3 Å². The van der Waals surface area contributed by atoms with Crippen molar-refractivity contribution in [1.29, 1.82) is 0 Å². The van der Waals surface area contributed by atoms with Gasteiger partial charge >= 0.3 is 5.97 Å². The summed E-state index contributed by atoms with van der Waals surface area (Å²) in [7, 11) is 0. The van der Waals surface area contributed by atoms with Crippen molar-refractivity contribution < 1.29 is 9.90 Å². The zero-order chi connectivity index (χ0) is 8.85. The predicted octanol–water partition coefficient (Wildman–Crippen LogP) is 2.49. The van der Waals surface area contributed by atoms with Crippen LogP contribution in [0.1, 0.15) is 20.3 Å². The minimum atomic E-state index is -0.755. The summed E-state index contributed by atoms with van der Waals surface area (Å²) in [6, 6.07) is 0. The standard InChI is InChI=1S/C8H13ClO2/c1-6(2)7(8(10)11)4-3-5-9/h3,5-7H,4H2,1-2H3,(H,10,11)/b5-3+/t7-/m0/s1. The van der Waals surface area contributed by atoms with Crippen LogP contribution < -0.4 is 0 Å². The summed E-state index contributed by atoms with van der Waals surface area (Å²) in [6.45, 7) is 3.78. The van der Waals surface area contributed by atoms with E-state index in [1.165, 1.54) is 5.54 Å². The fourth-order valence-electron chi connectivity index (χ4n) is 0.856. The molecule has 2 nitrogen and oxygen atoms in total. The van der Waals surface area contributed by atoms with E-state index in [9.17, 15) is 4.79 Å². The second-order valence-corrected chi connectivity index (χ2v) is 3.04. The normalized spacial score (nSPS) is 14.2. The Morgan fingerprint density at radius 3 is 2.45 bits per heavy atom. The van der Waals surface area contributed by atoms with Gasteiger partial charge in [-0.1, -0.05) is 31.5 Å². The molecule has 0 aromatic carbocycles. The average molecular weight is 177 g/mol. The van der Waals surface area contributed by atoms with Crippen LogP contribution in [0, 0.1) is 11.8 Å². The van der Waals surface area contributed by atoms with E-state index >= 15 is 0 Å². The number of rotatable bonds is 4. The lowest BCUT2D eigenvalue weighted by Crippen LogP contribution is -2.18. The molecule has 0 aromatic heterocycles. The molecule has 0 bridgehead atoms. The van der Waals surface area contributed by atoms with Crippen LogP contribution in [0.25, 0.3) is 0 Å². The molecule has 0 fully saturated rings. The van der Waals surface area contributed by atoms with Gasteiger partial charge in [0.15, 0.2) is 0 Å². The van der Waals surface area contributed by atoms with Crippen LogP contribution in [-0.4, -0.2) is 11.1 Å². The molecule has 11 heavy (non-hydrogen) atoms. The van der Waals surface area contributed by atoms with Gasteiger partial charge in [-0.2, -0.15) is 0 Å². The molecule has 1 atom stereocenters. The zero-order valence-corrected chi connectivity index (χ0v) is 7.51. The Balaban J connectivity index is 4.00. The number of carbonyl (C=O) groups is 1. The highest BCUT2D eigenvalue weighted by Crippen LogP contribution is 2.15. The highest BCUT2D eigenvalue weighted by Gasteiger charge is 2.19. The van der Waals surface area contributed by atoms with E-state index in [1.54, 1.807) is 6.08 Å². The Kier molecular flexibility index (Phi) is 4.95. The van der Waals surface area contributed by atoms with E-state index in [2.05, 4.69) is 0 Å². The van der Waals surface area contributed by atoms with Gasteiger partial charge < -0.3 is 5.11 Å². The van der Waals surface area contributed by atoms with E-state index < -0.39 is 5.97 Å². The average Bonchev–Trinajstić information content (AvgIpc) is 1.87. The largest absolute Gasteiger partial charge is 0.481 e. The molecule has 64 valence electrons. The molecular formula is C8H13ClO2. The van der Waals surface area contributed by atoms with Crippen LogP contribution in [-0.2, 0) is 4.79 Å². The number of hydrogen-bond acceptors (Lipinski definition) is 1. The Bertz CT molecular complexity index is 152. The van der Waals surface area contributed by atoms with Gasteiger partial charge in [0.1, 0.15) is 0 Å². The summed E-state index contributed by atoms with van der Waals surface area (Å²) < 4.78 is 0. The molecule has 0 spiro atoms. The zero-order valence-electron chi connectivity index (χ0n) is 6.75. The van der Waals surface area contributed by atoms with Gasteiger partial charge in [0.2, 0.25) is 0 Å². The molecule has 0 rings (SSSR count). The third kappa shape index (κ3) is 4.04.